The molecule has 1 aliphatic rings. The first-order valence-corrected chi connectivity index (χ1v) is 11.1. The van der Waals surface area contributed by atoms with Gasteiger partial charge in [0.15, 0.2) is 0 Å². The summed E-state index contributed by atoms with van der Waals surface area (Å²) in [5.74, 6) is 1.24. The molecule has 1 saturated carbocycles. The molecule has 168 valence electrons. The van der Waals surface area contributed by atoms with E-state index in [0.29, 0.717) is 11.6 Å². The van der Waals surface area contributed by atoms with Crippen molar-refractivity contribution in [2.24, 2.45) is 0 Å². The fraction of sp³-hybridized carbons (Fsp3) is 0.308. The van der Waals surface area contributed by atoms with E-state index in [2.05, 4.69) is 51.8 Å². The highest BCUT2D eigenvalue weighted by Gasteiger charge is 2.46. The van der Waals surface area contributed by atoms with Crippen molar-refractivity contribution in [2.75, 3.05) is 0 Å². The molecule has 1 aliphatic carbocycles. The van der Waals surface area contributed by atoms with Crippen LogP contribution in [0.5, 0.6) is 0 Å². The van der Waals surface area contributed by atoms with E-state index in [9.17, 15) is 4.79 Å². The van der Waals surface area contributed by atoms with Gasteiger partial charge in [-0.2, -0.15) is 10.1 Å². The smallest absolute Gasteiger partial charge is 0.408 e. The van der Waals surface area contributed by atoms with E-state index >= 15 is 0 Å². The van der Waals surface area contributed by atoms with Crippen molar-refractivity contribution >= 4 is 11.9 Å². The van der Waals surface area contributed by atoms with E-state index in [0.717, 1.165) is 40.8 Å². The predicted octanol–water partition coefficient (Wildman–Crippen LogP) is 5.28. The number of nitrogens with zero attached hydrogens (tertiary/aromatic N) is 4. The van der Waals surface area contributed by atoms with E-state index in [1.807, 2.05) is 52.1 Å². The van der Waals surface area contributed by atoms with Crippen LogP contribution in [-0.2, 0) is 10.3 Å². The molecule has 0 aliphatic heterocycles. The molecule has 0 spiro atoms. The second-order valence-corrected chi connectivity index (χ2v) is 9.56. The molecule has 2 aromatic carbocycles. The highest BCUT2D eigenvalue weighted by atomic mass is 16.6. The van der Waals surface area contributed by atoms with Crippen LogP contribution in [0.2, 0.25) is 0 Å². The second kappa shape index (κ2) is 7.69. The maximum absolute atomic E-state index is 12.3. The quantitative estimate of drug-likeness (QED) is 0.466. The van der Waals surface area contributed by atoms with E-state index in [4.69, 9.17) is 9.72 Å². The Kier molecular flexibility index (Phi) is 4.92. The van der Waals surface area contributed by atoms with Crippen molar-refractivity contribution in [3.05, 3.63) is 72.2 Å². The van der Waals surface area contributed by atoms with Crippen LogP contribution < -0.4 is 5.32 Å². The third-order valence-corrected chi connectivity index (χ3v) is 5.72. The summed E-state index contributed by atoms with van der Waals surface area (Å²) in [5, 5.41) is 7.50. The topological polar surface area (TPSA) is 81.4 Å². The highest BCUT2D eigenvalue weighted by Crippen LogP contribution is 2.46. The van der Waals surface area contributed by atoms with Crippen molar-refractivity contribution in [3.8, 4) is 22.4 Å². The van der Waals surface area contributed by atoms with Crippen LogP contribution in [0, 0.1) is 6.92 Å². The van der Waals surface area contributed by atoms with Crippen molar-refractivity contribution in [2.45, 2.75) is 51.7 Å². The molecule has 1 N–H and O–H groups in total. The zero-order chi connectivity index (χ0) is 23.2. The molecule has 0 atom stereocenters. The minimum absolute atomic E-state index is 0.357. The lowest BCUT2D eigenvalue weighted by molar-refractivity contribution is 0.0495. The molecule has 5 rings (SSSR count). The molecule has 0 saturated heterocycles. The third-order valence-electron chi connectivity index (χ3n) is 5.72. The number of carbonyl (C=O) groups excluding carboxylic acids is 1. The van der Waals surface area contributed by atoms with E-state index < -0.39 is 5.60 Å². The number of benzene rings is 2. The van der Waals surface area contributed by atoms with Gasteiger partial charge < -0.3 is 10.1 Å². The van der Waals surface area contributed by atoms with Crippen LogP contribution in [0.1, 0.15) is 45.0 Å². The van der Waals surface area contributed by atoms with Crippen LogP contribution in [0.25, 0.3) is 28.2 Å². The maximum Gasteiger partial charge on any atom is 0.408 e. The van der Waals surface area contributed by atoms with Crippen molar-refractivity contribution in [3.63, 3.8) is 0 Å². The molecule has 0 bridgehead atoms. The molecule has 1 fully saturated rings. The molecule has 0 radical (unpaired) electrons. The normalized spacial score (nSPS) is 14.8. The molecule has 2 aromatic heterocycles. The van der Waals surface area contributed by atoms with Gasteiger partial charge in [0.1, 0.15) is 11.4 Å². The van der Waals surface area contributed by atoms with Gasteiger partial charge in [-0.25, -0.2) is 14.3 Å². The van der Waals surface area contributed by atoms with Gasteiger partial charge in [-0.3, -0.25) is 0 Å². The standard InChI is InChI=1S/C26H27N5O2/c1-17-27-23-28-22(21(16-31(23)30-17)18-8-6-5-7-9-18)19-10-12-20(13-11-19)26(14-15-26)29-24(32)33-25(2,3)4/h5-13,16H,14-15H2,1-4H3,(H,29,32). The average Bonchev–Trinajstić information content (AvgIpc) is 3.44. The number of hydrogen-bond acceptors (Lipinski definition) is 5. The lowest BCUT2D eigenvalue weighted by atomic mass is 9.98. The number of carbonyl (C=O) groups is 1. The summed E-state index contributed by atoms with van der Waals surface area (Å²) in [6.07, 6.45) is 3.38. The average molecular weight is 442 g/mol. The number of amides is 1. The van der Waals surface area contributed by atoms with Gasteiger partial charge in [0.2, 0.25) is 0 Å². The number of fused-ring (bicyclic) bond motifs is 1. The largest absolute Gasteiger partial charge is 0.444 e. The first-order chi connectivity index (χ1) is 15.7. The van der Waals surface area contributed by atoms with Gasteiger partial charge in [-0.1, -0.05) is 54.6 Å². The molecular weight excluding hydrogens is 414 g/mol. The van der Waals surface area contributed by atoms with E-state index in [1.165, 1.54) is 0 Å². The maximum atomic E-state index is 12.3. The number of nitrogens with one attached hydrogen (secondary N) is 1. The van der Waals surface area contributed by atoms with Crippen LogP contribution in [0.3, 0.4) is 0 Å². The van der Waals surface area contributed by atoms with Crippen LogP contribution in [0.15, 0.2) is 60.8 Å². The first-order valence-electron chi connectivity index (χ1n) is 11.1. The first kappa shape index (κ1) is 21.1. The zero-order valence-electron chi connectivity index (χ0n) is 19.3. The Morgan fingerprint density at radius 2 is 1.70 bits per heavy atom. The Morgan fingerprint density at radius 1 is 1.00 bits per heavy atom. The Hall–Kier alpha value is -3.74. The Bertz CT molecular complexity index is 1320. The molecule has 2 heterocycles. The van der Waals surface area contributed by atoms with Gasteiger partial charge in [0.05, 0.1) is 11.2 Å². The number of aromatic nitrogens is 4. The number of rotatable bonds is 4. The van der Waals surface area contributed by atoms with Gasteiger partial charge >= 0.3 is 6.09 Å². The lowest BCUT2D eigenvalue weighted by Gasteiger charge is -2.24. The SMILES string of the molecule is Cc1nc2nc(-c3ccc(C4(NC(=O)OC(C)(C)C)CC4)cc3)c(-c3ccccc3)cn2n1. The summed E-state index contributed by atoms with van der Waals surface area (Å²) in [5.41, 5.74) is 4.05. The summed E-state index contributed by atoms with van der Waals surface area (Å²) in [7, 11) is 0. The summed E-state index contributed by atoms with van der Waals surface area (Å²) >= 11 is 0. The van der Waals surface area contributed by atoms with Crippen LogP contribution in [-0.4, -0.2) is 31.3 Å². The van der Waals surface area contributed by atoms with Crippen molar-refractivity contribution in [1.82, 2.24) is 24.9 Å². The molecule has 7 heteroatoms. The minimum atomic E-state index is -0.526. The number of hydrogen-bond donors (Lipinski definition) is 1. The van der Waals surface area contributed by atoms with Crippen molar-refractivity contribution in [1.29, 1.82) is 0 Å². The predicted molar refractivity (Wildman–Crippen MR) is 127 cm³/mol. The fourth-order valence-corrected chi connectivity index (χ4v) is 4.03. The summed E-state index contributed by atoms with van der Waals surface area (Å²) in [4.78, 5) is 21.6. The second-order valence-electron chi connectivity index (χ2n) is 9.56. The molecule has 1 amide bonds. The van der Waals surface area contributed by atoms with Gasteiger partial charge in [-0.15, -0.1) is 0 Å². The molecular formula is C26H27N5O2. The zero-order valence-corrected chi connectivity index (χ0v) is 19.3. The summed E-state index contributed by atoms with van der Waals surface area (Å²) in [6, 6.07) is 18.4. The number of ether oxygens (including phenoxy) is 1. The monoisotopic (exact) mass is 441 g/mol. The summed E-state index contributed by atoms with van der Waals surface area (Å²) in [6.45, 7) is 7.46. The Morgan fingerprint density at radius 3 is 2.33 bits per heavy atom. The van der Waals surface area contributed by atoms with Gasteiger partial charge in [0, 0.05) is 17.3 Å². The number of alkyl carbamates (subject to hydrolysis) is 1. The fourth-order valence-electron chi connectivity index (χ4n) is 4.03. The van der Waals surface area contributed by atoms with Gasteiger partial charge in [-0.05, 0) is 51.7 Å². The summed E-state index contributed by atoms with van der Waals surface area (Å²) < 4.78 is 7.18. The minimum Gasteiger partial charge on any atom is -0.444 e. The van der Waals surface area contributed by atoms with Crippen LogP contribution >= 0.6 is 0 Å². The van der Waals surface area contributed by atoms with E-state index in [1.54, 1.807) is 4.52 Å². The molecule has 4 aromatic rings. The van der Waals surface area contributed by atoms with E-state index in [-0.39, 0.29) is 11.6 Å². The molecule has 7 nitrogen and oxygen atoms in total. The van der Waals surface area contributed by atoms with Gasteiger partial charge in [0.25, 0.3) is 5.78 Å². The number of aryl methyl sites for hydroxylation is 1. The molecule has 0 unspecified atom stereocenters. The lowest BCUT2D eigenvalue weighted by Crippen LogP contribution is -2.39. The third kappa shape index (κ3) is 4.31. The highest BCUT2D eigenvalue weighted by molar-refractivity contribution is 5.81. The van der Waals surface area contributed by atoms with Crippen molar-refractivity contribution < 1.29 is 9.53 Å². The molecule has 33 heavy (non-hydrogen) atoms. The Labute approximate surface area is 192 Å². The Balaban J connectivity index is 1.49. The van der Waals surface area contributed by atoms with Crippen LogP contribution in [0.4, 0.5) is 4.79 Å².